The Morgan fingerprint density at radius 3 is 1.07 bits per heavy atom. The van der Waals surface area contributed by atoms with E-state index in [4.69, 9.17) is 18.5 Å². The summed E-state index contributed by atoms with van der Waals surface area (Å²) in [7, 11) is 1.19. The Morgan fingerprint density at radius 2 is 0.750 bits per heavy atom. The first-order valence-electron chi connectivity index (χ1n) is 25.7. The maximum atomic E-state index is 12.7. The van der Waals surface area contributed by atoms with E-state index >= 15 is 0 Å². The third kappa shape index (κ3) is 46.5. The highest BCUT2D eigenvalue weighted by atomic mass is 31.2. The molecule has 0 saturated carbocycles. The summed E-state index contributed by atoms with van der Waals surface area (Å²) >= 11 is 0. The van der Waals surface area contributed by atoms with Crippen LogP contribution in [-0.2, 0) is 32.7 Å². The minimum atomic E-state index is -4.62. The van der Waals surface area contributed by atoms with Crippen LogP contribution in [0.4, 0.5) is 0 Å². The number of hydrogen-bond acceptors (Lipinski definition) is 8. The number of rotatable bonds is 48. The van der Waals surface area contributed by atoms with Crippen molar-refractivity contribution < 1.29 is 42.1 Å². The van der Waals surface area contributed by atoms with Crippen LogP contribution in [0.15, 0.2) is 0 Å². The van der Waals surface area contributed by atoms with Crippen LogP contribution in [0, 0.1) is 0 Å². The molecule has 0 bridgehead atoms. The van der Waals surface area contributed by atoms with Gasteiger partial charge in [-0.25, -0.2) is 0 Å². The van der Waals surface area contributed by atoms with Crippen molar-refractivity contribution in [2.24, 2.45) is 0 Å². The molecule has 0 aliphatic heterocycles. The monoisotopic (exact) mass is 874 g/mol. The number of quaternary nitrogens is 1. The molecule has 0 amide bonds. The molecule has 0 rings (SSSR count). The number of nitrogens with zero attached hydrogens (tertiary/aromatic N) is 1. The van der Waals surface area contributed by atoms with Crippen LogP contribution in [0.5, 0.6) is 0 Å². The fourth-order valence-corrected chi connectivity index (χ4v) is 8.33. The van der Waals surface area contributed by atoms with Gasteiger partial charge in [0.15, 0.2) is 6.10 Å². The van der Waals surface area contributed by atoms with Crippen LogP contribution < -0.4 is 4.89 Å². The summed E-state index contributed by atoms with van der Waals surface area (Å²) in [6, 6.07) is 0. The Kier molecular flexibility index (Phi) is 42.6. The Hall–Kier alpha value is -0.990. The van der Waals surface area contributed by atoms with Gasteiger partial charge >= 0.3 is 11.9 Å². The minimum Gasteiger partial charge on any atom is -0.756 e. The van der Waals surface area contributed by atoms with E-state index in [1.165, 1.54) is 193 Å². The van der Waals surface area contributed by atoms with Gasteiger partial charge in [0.05, 0.1) is 27.7 Å². The summed E-state index contributed by atoms with van der Waals surface area (Å²) < 4.78 is 34.0. The van der Waals surface area contributed by atoms with Crippen molar-refractivity contribution in [3.63, 3.8) is 0 Å². The highest BCUT2D eigenvalue weighted by molar-refractivity contribution is 7.45. The third-order valence-corrected chi connectivity index (χ3v) is 12.6. The number of phosphoric ester groups is 1. The van der Waals surface area contributed by atoms with Crippen LogP contribution in [-0.4, -0.2) is 70.0 Å². The van der Waals surface area contributed by atoms with E-state index in [0.29, 0.717) is 17.4 Å². The van der Waals surface area contributed by atoms with Crippen molar-refractivity contribution in [1.29, 1.82) is 0 Å². The molecule has 9 nitrogen and oxygen atoms in total. The molecule has 0 saturated heterocycles. The normalized spacial score (nSPS) is 13.4. The Labute approximate surface area is 372 Å². The lowest BCUT2D eigenvalue weighted by Crippen LogP contribution is -2.37. The quantitative estimate of drug-likeness (QED) is 0.0257. The van der Waals surface area contributed by atoms with Crippen molar-refractivity contribution >= 4 is 19.8 Å². The maximum Gasteiger partial charge on any atom is 0.306 e. The fourth-order valence-electron chi connectivity index (χ4n) is 7.60. The largest absolute Gasteiger partial charge is 0.756 e. The van der Waals surface area contributed by atoms with E-state index in [9.17, 15) is 19.0 Å². The van der Waals surface area contributed by atoms with Crippen molar-refractivity contribution in [3.05, 3.63) is 0 Å². The van der Waals surface area contributed by atoms with E-state index in [-0.39, 0.29) is 32.0 Å². The number of likely N-dealkylation sites (N-methyl/N-ethyl adjacent to an activating group) is 1. The van der Waals surface area contributed by atoms with Crippen LogP contribution in [0.2, 0.25) is 0 Å². The highest BCUT2D eigenvalue weighted by Gasteiger charge is 2.21. The van der Waals surface area contributed by atoms with Crippen LogP contribution in [0.25, 0.3) is 0 Å². The van der Waals surface area contributed by atoms with E-state index in [0.717, 1.165) is 32.1 Å². The number of unbranched alkanes of at least 4 members (excludes halogenated alkanes) is 34. The van der Waals surface area contributed by atoms with Crippen molar-refractivity contribution in [1.82, 2.24) is 0 Å². The van der Waals surface area contributed by atoms with E-state index in [1.807, 2.05) is 21.1 Å². The SMILES string of the molecule is CCCCCCCCCCCCCCCCCCCCCCCCC(=O)OC[C@H](COP(=O)([O-])OCC[N+](C)(C)C)OC(=O)CCCCCCCCCCCCCCCC. The van der Waals surface area contributed by atoms with Crippen LogP contribution >= 0.6 is 7.82 Å². The van der Waals surface area contributed by atoms with Gasteiger partial charge in [-0.2, -0.15) is 0 Å². The molecule has 0 N–H and O–H groups in total. The third-order valence-electron chi connectivity index (χ3n) is 11.6. The standard InChI is InChI=1S/C50H100NO8P/c1-6-8-10-12-14-16-18-20-22-23-24-25-26-27-28-29-31-32-34-36-38-40-42-49(52)56-46-48(47-58-60(54,55)57-45-44-51(3,4)5)59-50(53)43-41-39-37-35-33-30-21-19-17-15-13-11-9-7-2/h48H,6-47H2,1-5H3/t48-/m1/s1. The maximum absolute atomic E-state index is 12.7. The Balaban J connectivity index is 4.15. The summed E-state index contributed by atoms with van der Waals surface area (Å²) in [4.78, 5) is 37.7. The molecular formula is C50H100NO8P. The van der Waals surface area contributed by atoms with Crippen LogP contribution in [0.3, 0.4) is 0 Å². The number of phosphoric acid groups is 1. The zero-order chi connectivity index (χ0) is 44.3. The lowest BCUT2D eigenvalue weighted by atomic mass is 10.0. The van der Waals surface area contributed by atoms with Crippen molar-refractivity contribution in [2.45, 2.75) is 264 Å². The molecule has 0 radical (unpaired) electrons. The molecule has 0 aromatic heterocycles. The number of hydrogen-bond donors (Lipinski definition) is 0. The highest BCUT2D eigenvalue weighted by Crippen LogP contribution is 2.38. The molecule has 0 heterocycles. The molecule has 0 aromatic carbocycles. The molecule has 0 spiro atoms. The Bertz CT molecular complexity index is 990. The first-order valence-corrected chi connectivity index (χ1v) is 27.2. The van der Waals surface area contributed by atoms with Gasteiger partial charge in [0, 0.05) is 12.8 Å². The average molecular weight is 874 g/mol. The summed E-state index contributed by atoms with van der Waals surface area (Å²) in [5, 5.41) is 0. The first-order chi connectivity index (χ1) is 29.0. The molecule has 358 valence electrons. The molecule has 0 aromatic rings. The van der Waals surface area contributed by atoms with E-state index in [1.54, 1.807) is 0 Å². The van der Waals surface area contributed by atoms with E-state index in [2.05, 4.69) is 13.8 Å². The summed E-state index contributed by atoms with van der Waals surface area (Å²) in [6.07, 6.45) is 45.6. The van der Waals surface area contributed by atoms with Crippen molar-refractivity contribution in [3.8, 4) is 0 Å². The number of esters is 2. The molecular weight excluding hydrogens is 774 g/mol. The number of carbonyl (C=O) groups is 2. The second-order valence-electron chi connectivity index (χ2n) is 18.9. The fraction of sp³-hybridized carbons (Fsp3) is 0.960. The van der Waals surface area contributed by atoms with Gasteiger partial charge in [-0.05, 0) is 12.8 Å². The van der Waals surface area contributed by atoms with Gasteiger partial charge in [-0.1, -0.05) is 232 Å². The summed E-state index contributed by atoms with van der Waals surface area (Å²) in [5.74, 6) is -0.814. The first kappa shape index (κ1) is 59.0. The lowest BCUT2D eigenvalue weighted by Gasteiger charge is -2.28. The van der Waals surface area contributed by atoms with Gasteiger partial charge in [-0.3, -0.25) is 14.2 Å². The van der Waals surface area contributed by atoms with Gasteiger partial charge in [0.1, 0.15) is 19.8 Å². The second kappa shape index (κ2) is 43.3. The molecule has 10 heteroatoms. The smallest absolute Gasteiger partial charge is 0.306 e. The topological polar surface area (TPSA) is 111 Å². The molecule has 1 unspecified atom stereocenters. The van der Waals surface area contributed by atoms with Crippen LogP contribution in [0.1, 0.15) is 258 Å². The zero-order valence-electron chi connectivity index (χ0n) is 40.4. The lowest BCUT2D eigenvalue weighted by molar-refractivity contribution is -0.870. The predicted octanol–water partition coefficient (Wildman–Crippen LogP) is 14.5. The van der Waals surface area contributed by atoms with Crippen molar-refractivity contribution in [2.75, 3.05) is 47.5 Å². The van der Waals surface area contributed by atoms with E-state index < -0.39 is 26.5 Å². The zero-order valence-corrected chi connectivity index (χ0v) is 41.3. The Morgan fingerprint density at radius 1 is 0.450 bits per heavy atom. The van der Waals surface area contributed by atoms with Gasteiger partial charge in [0.2, 0.25) is 0 Å². The minimum absolute atomic E-state index is 0.0254. The second-order valence-corrected chi connectivity index (χ2v) is 20.3. The summed E-state index contributed by atoms with van der Waals surface area (Å²) in [5.41, 5.74) is 0. The molecule has 60 heavy (non-hydrogen) atoms. The molecule has 0 aliphatic carbocycles. The van der Waals surface area contributed by atoms with Gasteiger partial charge < -0.3 is 27.9 Å². The predicted molar refractivity (Wildman–Crippen MR) is 250 cm³/mol. The molecule has 0 aliphatic rings. The average Bonchev–Trinajstić information content (AvgIpc) is 3.20. The molecule has 2 atom stereocenters. The molecule has 0 fully saturated rings. The van der Waals surface area contributed by atoms with Gasteiger partial charge in [-0.15, -0.1) is 0 Å². The number of ether oxygens (including phenoxy) is 2. The summed E-state index contributed by atoms with van der Waals surface area (Å²) in [6.45, 7) is 4.29. The number of carbonyl (C=O) groups excluding carboxylic acids is 2. The van der Waals surface area contributed by atoms with Gasteiger partial charge in [0.25, 0.3) is 7.82 Å².